The molecule has 1 N–H and O–H groups in total. The van der Waals surface area contributed by atoms with E-state index < -0.39 is 0 Å². The first-order chi connectivity index (χ1) is 8.66. The highest BCUT2D eigenvalue weighted by Gasteiger charge is 2.32. The molecule has 0 radical (unpaired) electrons. The summed E-state index contributed by atoms with van der Waals surface area (Å²) in [5.74, 6) is 0.348. The fourth-order valence-corrected chi connectivity index (χ4v) is 2.43. The van der Waals surface area contributed by atoms with E-state index in [1.165, 1.54) is 31.2 Å². The quantitative estimate of drug-likeness (QED) is 0.829. The fraction of sp³-hybridized carbons (Fsp3) is 0.429. The topological polar surface area (TPSA) is 49.4 Å². The number of nitrogens with one attached hydrogen (secondary N) is 1. The van der Waals surface area contributed by atoms with Crippen LogP contribution in [-0.2, 0) is 0 Å². The highest BCUT2D eigenvalue weighted by atomic mass is 16.2. The SMILES string of the molecule is CN1C(=O)c2ccc(NCC3CCC3)cc2C1=O. The van der Waals surface area contributed by atoms with Gasteiger partial charge < -0.3 is 5.32 Å². The molecular formula is C14H16N2O2. The van der Waals surface area contributed by atoms with Gasteiger partial charge in [-0.1, -0.05) is 6.42 Å². The molecule has 1 fully saturated rings. The average Bonchev–Trinajstić information content (AvgIpc) is 2.53. The summed E-state index contributed by atoms with van der Waals surface area (Å²) in [5.41, 5.74) is 1.95. The van der Waals surface area contributed by atoms with Crippen molar-refractivity contribution in [3.63, 3.8) is 0 Å². The number of amides is 2. The molecule has 1 heterocycles. The van der Waals surface area contributed by atoms with E-state index in [0.29, 0.717) is 11.1 Å². The summed E-state index contributed by atoms with van der Waals surface area (Å²) in [6, 6.07) is 5.40. The number of carbonyl (C=O) groups is 2. The van der Waals surface area contributed by atoms with Crippen LogP contribution >= 0.6 is 0 Å². The normalized spacial score (nSPS) is 18.8. The van der Waals surface area contributed by atoms with E-state index in [2.05, 4.69) is 5.32 Å². The van der Waals surface area contributed by atoms with Gasteiger partial charge >= 0.3 is 0 Å². The monoisotopic (exact) mass is 244 g/mol. The first kappa shape index (κ1) is 11.3. The Labute approximate surface area is 106 Å². The standard InChI is InChI=1S/C14H16N2O2/c1-16-13(17)11-6-5-10(7-12(11)14(16)18)15-8-9-3-2-4-9/h5-7,9,15H,2-4,8H2,1H3. The van der Waals surface area contributed by atoms with Crippen molar-refractivity contribution in [2.75, 3.05) is 18.9 Å². The van der Waals surface area contributed by atoms with Crippen LogP contribution in [0.2, 0.25) is 0 Å². The number of nitrogens with zero attached hydrogens (tertiary/aromatic N) is 1. The van der Waals surface area contributed by atoms with Crippen molar-refractivity contribution in [2.24, 2.45) is 5.92 Å². The van der Waals surface area contributed by atoms with Crippen LogP contribution < -0.4 is 5.32 Å². The highest BCUT2D eigenvalue weighted by Crippen LogP contribution is 2.28. The molecule has 0 saturated heterocycles. The van der Waals surface area contributed by atoms with Crippen LogP contribution in [0, 0.1) is 5.92 Å². The molecule has 0 spiro atoms. The summed E-state index contributed by atoms with van der Waals surface area (Å²) in [6.07, 6.45) is 3.91. The van der Waals surface area contributed by atoms with Gasteiger partial charge in [0.25, 0.3) is 11.8 Å². The first-order valence-electron chi connectivity index (χ1n) is 6.37. The second kappa shape index (κ2) is 4.12. The second-order valence-corrected chi connectivity index (χ2v) is 5.11. The Morgan fingerprint density at radius 3 is 2.61 bits per heavy atom. The minimum atomic E-state index is -0.208. The largest absolute Gasteiger partial charge is 0.385 e. The van der Waals surface area contributed by atoms with Gasteiger partial charge in [-0.05, 0) is 37.0 Å². The average molecular weight is 244 g/mol. The summed E-state index contributed by atoms with van der Waals surface area (Å²) in [6.45, 7) is 0.955. The molecule has 3 rings (SSSR count). The fourth-order valence-electron chi connectivity index (χ4n) is 2.43. The predicted molar refractivity (Wildman–Crippen MR) is 68.7 cm³/mol. The lowest BCUT2D eigenvalue weighted by Gasteiger charge is -2.25. The molecule has 1 aliphatic carbocycles. The van der Waals surface area contributed by atoms with Crippen LogP contribution in [0.5, 0.6) is 0 Å². The Morgan fingerprint density at radius 2 is 1.94 bits per heavy atom. The van der Waals surface area contributed by atoms with Crippen LogP contribution in [0.15, 0.2) is 18.2 Å². The number of hydrogen-bond acceptors (Lipinski definition) is 3. The molecule has 0 unspecified atom stereocenters. The molecule has 94 valence electrons. The third kappa shape index (κ3) is 1.68. The molecule has 2 amide bonds. The van der Waals surface area contributed by atoms with E-state index in [1.54, 1.807) is 12.1 Å². The van der Waals surface area contributed by atoms with E-state index in [-0.39, 0.29) is 11.8 Å². The highest BCUT2D eigenvalue weighted by molar-refractivity contribution is 6.21. The van der Waals surface area contributed by atoms with Gasteiger partial charge in [0.1, 0.15) is 0 Å². The van der Waals surface area contributed by atoms with Gasteiger partial charge in [0.15, 0.2) is 0 Å². The van der Waals surface area contributed by atoms with E-state index in [4.69, 9.17) is 0 Å². The molecule has 1 aromatic rings. The molecule has 2 aliphatic rings. The van der Waals surface area contributed by atoms with Crippen LogP contribution in [-0.4, -0.2) is 30.3 Å². The van der Waals surface area contributed by atoms with E-state index in [0.717, 1.165) is 18.2 Å². The van der Waals surface area contributed by atoms with Gasteiger partial charge in [-0.25, -0.2) is 0 Å². The van der Waals surface area contributed by atoms with Crippen molar-refractivity contribution < 1.29 is 9.59 Å². The molecule has 0 atom stereocenters. The van der Waals surface area contributed by atoms with Crippen LogP contribution in [0.25, 0.3) is 0 Å². The number of carbonyl (C=O) groups excluding carboxylic acids is 2. The molecule has 4 heteroatoms. The Hall–Kier alpha value is -1.84. The van der Waals surface area contributed by atoms with Crippen molar-refractivity contribution in [3.8, 4) is 0 Å². The molecule has 1 aliphatic heterocycles. The zero-order valence-electron chi connectivity index (χ0n) is 10.4. The van der Waals surface area contributed by atoms with Gasteiger partial charge in [0.05, 0.1) is 11.1 Å². The minimum Gasteiger partial charge on any atom is -0.385 e. The maximum absolute atomic E-state index is 11.8. The molecule has 0 bridgehead atoms. The van der Waals surface area contributed by atoms with Gasteiger partial charge in [0, 0.05) is 19.3 Å². The van der Waals surface area contributed by atoms with Crippen molar-refractivity contribution in [1.29, 1.82) is 0 Å². The Bertz CT molecular complexity index is 521. The number of hydrogen-bond donors (Lipinski definition) is 1. The lowest BCUT2D eigenvalue weighted by Crippen LogP contribution is -2.24. The summed E-state index contributed by atoms with van der Waals surface area (Å²) in [4.78, 5) is 24.7. The minimum absolute atomic E-state index is 0.206. The molecule has 0 aromatic heterocycles. The van der Waals surface area contributed by atoms with Gasteiger partial charge in [0.2, 0.25) is 0 Å². The Morgan fingerprint density at radius 1 is 1.22 bits per heavy atom. The maximum Gasteiger partial charge on any atom is 0.261 e. The van der Waals surface area contributed by atoms with Gasteiger partial charge in [-0.3, -0.25) is 14.5 Å². The smallest absolute Gasteiger partial charge is 0.261 e. The molecule has 1 saturated carbocycles. The molecule has 18 heavy (non-hydrogen) atoms. The Balaban J connectivity index is 1.79. The van der Waals surface area contributed by atoms with E-state index in [9.17, 15) is 9.59 Å². The van der Waals surface area contributed by atoms with E-state index >= 15 is 0 Å². The van der Waals surface area contributed by atoms with Crippen molar-refractivity contribution in [3.05, 3.63) is 29.3 Å². The Kier molecular flexibility index (Phi) is 2.58. The number of rotatable bonds is 3. The predicted octanol–water partition coefficient (Wildman–Crippen LogP) is 2.12. The molecular weight excluding hydrogens is 228 g/mol. The zero-order valence-corrected chi connectivity index (χ0v) is 10.4. The number of anilines is 1. The van der Waals surface area contributed by atoms with Crippen molar-refractivity contribution in [2.45, 2.75) is 19.3 Å². The van der Waals surface area contributed by atoms with Crippen LogP contribution in [0.3, 0.4) is 0 Å². The van der Waals surface area contributed by atoms with Crippen LogP contribution in [0.1, 0.15) is 40.0 Å². The second-order valence-electron chi connectivity index (χ2n) is 5.11. The zero-order chi connectivity index (χ0) is 12.7. The molecule has 1 aromatic carbocycles. The van der Waals surface area contributed by atoms with E-state index in [1.807, 2.05) is 6.07 Å². The van der Waals surface area contributed by atoms with Crippen molar-refractivity contribution >= 4 is 17.5 Å². The third-order valence-corrected chi connectivity index (χ3v) is 3.91. The first-order valence-corrected chi connectivity index (χ1v) is 6.37. The van der Waals surface area contributed by atoms with Crippen molar-refractivity contribution in [1.82, 2.24) is 4.90 Å². The third-order valence-electron chi connectivity index (χ3n) is 3.91. The van der Waals surface area contributed by atoms with Gasteiger partial charge in [-0.2, -0.15) is 0 Å². The summed E-state index contributed by atoms with van der Waals surface area (Å²) in [7, 11) is 1.52. The lowest BCUT2D eigenvalue weighted by molar-refractivity contribution is 0.0693. The lowest BCUT2D eigenvalue weighted by atomic mass is 9.85. The summed E-state index contributed by atoms with van der Waals surface area (Å²) >= 11 is 0. The summed E-state index contributed by atoms with van der Waals surface area (Å²) < 4.78 is 0. The summed E-state index contributed by atoms with van der Waals surface area (Å²) in [5, 5.41) is 3.34. The number of imide groups is 1. The van der Waals surface area contributed by atoms with Crippen LogP contribution in [0.4, 0.5) is 5.69 Å². The van der Waals surface area contributed by atoms with Gasteiger partial charge in [-0.15, -0.1) is 0 Å². The maximum atomic E-state index is 11.8. The number of benzene rings is 1. The molecule has 4 nitrogen and oxygen atoms in total. The number of fused-ring (bicyclic) bond motifs is 1.